The Morgan fingerprint density at radius 2 is 1.63 bits per heavy atom. The first-order chi connectivity index (χ1) is 9.36. The van der Waals surface area contributed by atoms with Gasteiger partial charge in [-0.25, -0.2) is 5.01 Å². The molecule has 2 aromatic rings. The highest BCUT2D eigenvalue weighted by atomic mass is 15.5. The number of nitrogens with zero attached hydrogens (tertiary/aromatic N) is 2. The number of rotatable bonds is 1. The molecule has 0 saturated heterocycles. The molecule has 0 fully saturated rings. The Kier molecular flexibility index (Phi) is 2.99. The van der Waals surface area contributed by atoms with Crippen LogP contribution in [0.5, 0.6) is 0 Å². The number of para-hydroxylation sites is 2. The Morgan fingerprint density at radius 1 is 0.895 bits per heavy atom. The summed E-state index contributed by atoms with van der Waals surface area (Å²) in [6, 6.07) is 18.3. The highest BCUT2D eigenvalue weighted by Gasteiger charge is 2.13. The van der Waals surface area contributed by atoms with Crippen LogP contribution in [0.1, 0.15) is 5.56 Å². The summed E-state index contributed by atoms with van der Waals surface area (Å²) in [5, 5.41) is 6.44. The molecule has 1 aliphatic rings. The molecular weight excluding hydrogens is 232 g/mol. The van der Waals surface area contributed by atoms with Crippen LogP contribution in [0.25, 0.3) is 5.57 Å². The molecule has 0 spiro atoms. The van der Waals surface area contributed by atoms with Crippen molar-refractivity contribution in [2.45, 2.75) is 0 Å². The van der Waals surface area contributed by atoms with Crippen molar-refractivity contribution in [3.05, 3.63) is 78.9 Å². The maximum atomic E-state index is 4.51. The van der Waals surface area contributed by atoms with Gasteiger partial charge in [-0.1, -0.05) is 49.1 Å². The molecule has 0 saturated carbocycles. The van der Waals surface area contributed by atoms with E-state index in [4.69, 9.17) is 0 Å². The van der Waals surface area contributed by atoms with Gasteiger partial charge in [0.2, 0.25) is 0 Å². The third-order valence-electron chi connectivity index (χ3n) is 3.04. The molecule has 0 atom stereocenters. The van der Waals surface area contributed by atoms with Gasteiger partial charge in [0, 0.05) is 11.8 Å². The summed E-state index contributed by atoms with van der Waals surface area (Å²) in [6.45, 7) is 4.11. The molecule has 19 heavy (non-hydrogen) atoms. The highest BCUT2D eigenvalue weighted by Crippen LogP contribution is 2.33. The van der Waals surface area contributed by atoms with Crippen LogP contribution in [0, 0.1) is 0 Å². The molecule has 0 N–H and O–H groups in total. The zero-order valence-electron chi connectivity index (χ0n) is 10.5. The van der Waals surface area contributed by atoms with E-state index in [1.165, 1.54) is 0 Å². The molecular formula is C17H14N2. The molecule has 0 amide bonds. The number of hydrazone groups is 1. The smallest absolute Gasteiger partial charge is 0.0730 e. The van der Waals surface area contributed by atoms with Gasteiger partial charge in [0.15, 0.2) is 0 Å². The Morgan fingerprint density at radius 3 is 2.47 bits per heavy atom. The summed E-state index contributed by atoms with van der Waals surface area (Å²) in [7, 11) is 0. The fraction of sp³-hybridized carbons (Fsp3) is 0. The molecule has 2 aromatic carbocycles. The van der Waals surface area contributed by atoms with E-state index in [1.807, 2.05) is 59.6 Å². The van der Waals surface area contributed by atoms with Gasteiger partial charge < -0.3 is 0 Å². The van der Waals surface area contributed by atoms with Gasteiger partial charge in [-0.15, -0.1) is 0 Å². The monoisotopic (exact) mass is 246 g/mol. The maximum absolute atomic E-state index is 4.51. The lowest BCUT2D eigenvalue weighted by Gasteiger charge is -2.23. The minimum atomic E-state index is 0.989. The van der Waals surface area contributed by atoms with E-state index >= 15 is 0 Å². The summed E-state index contributed by atoms with van der Waals surface area (Å²) in [5.74, 6) is 0. The van der Waals surface area contributed by atoms with Crippen molar-refractivity contribution >= 4 is 23.2 Å². The van der Waals surface area contributed by atoms with Crippen LogP contribution in [-0.4, -0.2) is 6.21 Å². The van der Waals surface area contributed by atoms with E-state index in [0.717, 1.165) is 22.5 Å². The first-order valence-electron chi connectivity index (χ1n) is 6.20. The van der Waals surface area contributed by atoms with Crippen LogP contribution in [0.2, 0.25) is 0 Å². The van der Waals surface area contributed by atoms with E-state index in [-0.39, 0.29) is 0 Å². The molecule has 2 heteroatoms. The van der Waals surface area contributed by atoms with Crippen LogP contribution in [0.4, 0.5) is 11.4 Å². The van der Waals surface area contributed by atoms with Gasteiger partial charge in [-0.2, -0.15) is 5.10 Å². The van der Waals surface area contributed by atoms with Gasteiger partial charge in [0.25, 0.3) is 0 Å². The first kappa shape index (κ1) is 11.5. The summed E-state index contributed by atoms with van der Waals surface area (Å²) < 4.78 is 0. The van der Waals surface area contributed by atoms with Gasteiger partial charge in [-0.05, 0) is 29.8 Å². The molecule has 3 rings (SSSR count). The predicted octanol–water partition coefficient (Wildman–Crippen LogP) is 4.39. The molecule has 0 radical (unpaired) electrons. The second-order valence-corrected chi connectivity index (χ2v) is 4.31. The number of hydrogen-bond acceptors (Lipinski definition) is 2. The van der Waals surface area contributed by atoms with Crippen molar-refractivity contribution in [2.24, 2.45) is 5.10 Å². The Hall–Kier alpha value is -2.61. The van der Waals surface area contributed by atoms with Gasteiger partial charge >= 0.3 is 0 Å². The SMILES string of the molecule is C=C1/C=C\C=N/N(c2ccccc2)c2ccccc21. The van der Waals surface area contributed by atoms with Gasteiger partial charge in [-0.3, -0.25) is 0 Å². The number of benzene rings is 2. The van der Waals surface area contributed by atoms with Crippen molar-refractivity contribution in [1.82, 2.24) is 0 Å². The zero-order valence-corrected chi connectivity index (χ0v) is 10.5. The quantitative estimate of drug-likeness (QED) is 0.728. The van der Waals surface area contributed by atoms with Crippen LogP contribution < -0.4 is 5.01 Å². The standard InChI is InChI=1S/C17H14N2/c1-14-8-7-13-18-19(15-9-3-2-4-10-15)17-12-6-5-11-16(14)17/h2-13H,1H2/b8-7-,18-13-. The molecule has 0 unspecified atom stereocenters. The minimum absolute atomic E-state index is 0.989. The summed E-state index contributed by atoms with van der Waals surface area (Å²) in [5.41, 5.74) is 4.16. The van der Waals surface area contributed by atoms with Crippen LogP contribution in [0.3, 0.4) is 0 Å². The van der Waals surface area contributed by atoms with Gasteiger partial charge in [0.1, 0.15) is 0 Å². The Labute approximate surface area is 113 Å². The van der Waals surface area contributed by atoms with Gasteiger partial charge in [0.05, 0.1) is 11.4 Å². The van der Waals surface area contributed by atoms with Crippen molar-refractivity contribution < 1.29 is 0 Å². The topological polar surface area (TPSA) is 15.6 Å². The number of hydrogen-bond donors (Lipinski definition) is 0. The van der Waals surface area contributed by atoms with Crippen LogP contribution in [0.15, 0.2) is 78.4 Å². The molecule has 0 aromatic heterocycles. The average Bonchev–Trinajstić information content (AvgIpc) is 2.46. The van der Waals surface area contributed by atoms with E-state index in [2.05, 4.69) is 23.8 Å². The van der Waals surface area contributed by atoms with Crippen LogP contribution in [-0.2, 0) is 0 Å². The zero-order chi connectivity index (χ0) is 13.1. The average molecular weight is 246 g/mol. The number of allylic oxidation sites excluding steroid dienone is 3. The van der Waals surface area contributed by atoms with E-state index < -0.39 is 0 Å². The molecule has 0 aliphatic carbocycles. The normalized spacial score (nSPS) is 17.3. The van der Waals surface area contributed by atoms with Crippen molar-refractivity contribution in [3.63, 3.8) is 0 Å². The highest BCUT2D eigenvalue weighted by molar-refractivity contribution is 5.89. The lowest BCUT2D eigenvalue weighted by molar-refractivity contribution is 1.09. The summed E-state index contributed by atoms with van der Waals surface area (Å²) >= 11 is 0. The molecule has 1 aliphatic heterocycles. The molecule has 92 valence electrons. The third kappa shape index (κ3) is 2.20. The fourth-order valence-electron chi connectivity index (χ4n) is 2.12. The van der Waals surface area contributed by atoms with E-state index in [9.17, 15) is 0 Å². The largest absolute Gasteiger partial charge is 0.233 e. The number of anilines is 2. The molecule has 1 heterocycles. The second-order valence-electron chi connectivity index (χ2n) is 4.31. The van der Waals surface area contributed by atoms with Crippen LogP contribution >= 0.6 is 0 Å². The minimum Gasteiger partial charge on any atom is -0.233 e. The van der Waals surface area contributed by atoms with E-state index in [1.54, 1.807) is 6.21 Å². The lowest BCUT2D eigenvalue weighted by atomic mass is 10.0. The third-order valence-corrected chi connectivity index (χ3v) is 3.04. The maximum Gasteiger partial charge on any atom is 0.0730 e. The van der Waals surface area contributed by atoms with Crippen molar-refractivity contribution in [3.8, 4) is 0 Å². The Balaban J connectivity index is 2.19. The Bertz CT molecular complexity index is 654. The molecule has 2 nitrogen and oxygen atoms in total. The van der Waals surface area contributed by atoms with Crippen molar-refractivity contribution in [2.75, 3.05) is 5.01 Å². The fourth-order valence-corrected chi connectivity index (χ4v) is 2.12. The predicted molar refractivity (Wildman–Crippen MR) is 81.7 cm³/mol. The number of fused-ring (bicyclic) bond motifs is 1. The van der Waals surface area contributed by atoms with Crippen molar-refractivity contribution in [1.29, 1.82) is 0 Å². The van der Waals surface area contributed by atoms with E-state index in [0.29, 0.717) is 0 Å². The summed E-state index contributed by atoms with van der Waals surface area (Å²) in [6.07, 6.45) is 5.67. The second kappa shape index (κ2) is 4.94. The summed E-state index contributed by atoms with van der Waals surface area (Å²) in [4.78, 5) is 0. The molecule has 0 bridgehead atoms. The lowest BCUT2D eigenvalue weighted by Crippen LogP contribution is -2.11. The first-order valence-corrected chi connectivity index (χ1v) is 6.20.